The number of rotatable bonds is 1. The van der Waals surface area contributed by atoms with Crippen LogP contribution in [0.25, 0.3) is 0 Å². The topological polar surface area (TPSA) is 0 Å². The van der Waals surface area contributed by atoms with Crippen molar-refractivity contribution in [2.24, 2.45) is 0 Å². The van der Waals surface area contributed by atoms with Crippen LogP contribution in [0.2, 0.25) is 39.3 Å². The fourth-order valence-corrected chi connectivity index (χ4v) is 6.70. The van der Waals surface area contributed by atoms with E-state index >= 15 is 0 Å². The molecule has 0 bridgehead atoms. The summed E-state index contributed by atoms with van der Waals surface area (Å²) in [5.41, 5.74) is 13.4. The Bertz CT molecular complexity index is 323. The zero-order valence-corrected chi connectivity index (χ0v) is 15.5. The highest BCUT2D eigenvalue weighted by molar-refractivity contribution is 7.31. The molecular formula is C11H20Cl2Si3. The van der Waals surface area contributed by atoms with E-state index in [2.05, 4.69) is 61.5 Å². The fraction of sp³-hybridized carbons (Fsp3) is 0.636. The molecule has 0 aromatic rings. The van der Waals surface area contributed by atoms with E-state index in [1.165, 1.54) is 0 Å². The third kappa shape index (κ3) is 8.50. The van der Waals surface area contributed by atoms with Crippen LogP contribution in [0, 0.1) is 22.2 Å². The van der Waals surface area contributed by atoms with E-state index in [-0.39, 0.29) is 0 Å². The minimum Gasteiger partial charge on any atom is -0.136 e. The van der Waals surface area contributed by atoms with Crippen molar-refractivity contribution < 1.29 is 0 Å². The molecule has 0 aliphatic heterocycles. The van der Waals surface area contributed by atoms with Gasteiger partial charge in [-0.25, -0.2) is 0 Å². The first-order valence-electron chi connectivity index (χ1n) is 5.31. The largest absolute Gasteiger partial charge is 0.320 e. The first-order valence-corrected chi connectivity index (χ1v) is 16.1. The maximum Gasteiger partial charge on any atom is 0.320 e. The molecule has 0 aromatic carbocycles. The minimum atomic E-state index is -2.36. The Labute approximate surface area is 113 Å². The molecule has 0 rings (SSSR count). The summed E-state index contributed by atoms with van der Waals surface area (Å²) >= 11 is 12.4. The van der Waals surface area contributed by atoms with Gasteiger partial charge in [0.2, 0.25) is 0 Å². The smallest absolute Gasteiger partial charge is 0.136 e. The summed E-state index contributed by atoms with van der Waals surface area (Å²) < 4.78 is 0. The van der Waals surface area contributed by atoms with E-state index in [4.69, 9.17) is 22.7 Å². The van der Waals surface area contributed by atoms with Gasteiger partial charge < -0.3 is 0 Å². The number of hydrogen-bond donors (Lipinski definition) is 0. The monoisotopic (exact) mass is 306 g/mol. The van der Waals surface area contributed by atoms with Crippen molar-refractivity contribution in [3.8, 4) is 22.2 Å². The van der Waals surface area contributed by atoms with Gasteiger partial charge in [0.15, 0.2) is 0 Å². The Balaban J connectivity index is 5.05. The average molecular weight is 307 g/mol. The Hall–Kier alpha value is 0.351. The summed E-state index contributed by atoms with van der Waals surface area (Å²) in [5, 5.41) is 0. The van der Waals surface area contributed by atoms with Gasteiger partial charge in [-0.1, -0.05) is 39.3 Å². The van der Waals surface area contributed by atoms with Crippen LogP contribution in [0.3, 0.4) is 0 Å². The molecule has 0 heterocycles. The van der Waals surface area contributed by atoms with E-state index in [9.17, 15) is 0 Å². The molecule has 16 heavy (non-hydrogen) atoms. The lowest BCUT2D eigenvalue weighted by Crippen LogP contribution is -2.30. The highest BCUT2D eigenvalue weighted by atomic mass is 35.6. The van der Waals surface area contributed by atoms with Gasteiger partial charge in [-0.05, 0) is 0 Å². The molecule has 0 unspecified atom stereocenters. The highest BCUT2D eigenvalue weighted by Gasteiger charge is 2.27. The second-order valence-electron chi connectivity index (χ2n) is 5.93. The van der Waals surface area contributed by atoms with Gasteiger partial charge in [0, 0.05) is 0 Å². The van der Waals surface area contributed by atoms with Crippen LogP contribution in [-0.4, -0.2) is 29.0 Å². The Morgan fingerprint density at radius 1 is 0.750 bits per heavy atom. The SMILES string of the molecule is C[Si](C)(C)C#C[Si](Cl)(C#C[Si](C)(C)C)CCl. The molecule has 0 N–H and O–H groups in total. The Morgan fingerprint density at radius 2 is 1.06 bits per heavy atom. The summed E-state index contributed by atoms with van der Waals surface area (Å²) in [7, 11) is -5.13. The predicted molar refractivity (Wildman–Crippen MR) is 84.6 cm³/mol. The summed E-state index contributed by atoms with van der Waals surface area (Å²) in [6, 6.07) is 0. The van der Waals surface area contributed by atoms with Crippen LogP contribution in [0.1, 0.15) is 0 Å². The van der Waals surface area contributed by atoms with Crippen LogP contribution in [0.4, 0.5) is 0 Å². The van der Waals surface area contributed by atoms with Gasteiger partial charge in [0.1, 0.15) is 16.1 Å². The van der Waals surface area contributed by atoms with E-state index in [1.54, 1.807) is 0 Å². The van der Waals surface area contributed by atoms with E-state index in [0.29, 0.717) is 5.50 Å². The second kappa shape index (κ2) is 5.80. The maximum atomic E-state index is 6.44. The molecule has 90 valence electrons. The summed E-state index contributed by atoms with van der Waals surface area (Å²) in [4.78, 5) is 0. The van der Waals surface area contributed by atoms with Crippen molar-refractivity contribution in [1.82, 2.24) is 0 Å². The molecule has 0 radical (unpaired) electrons. The highest BCUT2D eigenvalue weighted by Crippen LogP contribution is 2.11. The number of halogens is 2. The van der Waals surface area contributed by atoms with Gasteiger partial charge in [0.05, 0.1) is 5.50 Å². The molecule has 0 atom stereocenters. The zero-order valence-electron chi connectivity index (χ0n) is 11.0. The summed E-state index contributed by atoms with van der Waals surface area (Å²) in [5.74, 6) is 0. The lowest BCUT2D eigenvalue weighted by molar-refractivity contribution is 1.81. The van der Waals surface area contributed by atoms with Crippen molar-refractivity contribution in [2.45, 2.75) is 39.3 Å². The summed E-state index contributed by atoms with van der Waals surface area (Å²) in [6.45, 7) is 13.2. The van der Waals surface area contributed by atoms with Crippen molar-refractivity contribution in [2.75, 3.05) is 5.50 Å². The average Bonchev–Trinajstić information content (AvgIpc) is 2.09. The van der Waals surface area contributed by atoms with Crippen LogP contribution >= 0.6 is 22.7 Å². The molecule has 0 aromatic heterocycles. The van der Waals surface area contributed by atoms with Crippen molar-refractivity contribution in [3.63, 3.8) is 0 Å². The first kappa shape index (κ1) is 16.4. The number of alkyl halides is 1. The summed E-state index contributed by atoms with van der Waals surface area (Å²) in [6.07, 6.45) is 0. The van der Waals surface area contributed by atoms with Gasteiger partial charge in [-0.15, -0.1) is 44.9 Å². The molecule has 0 nitrogen and oxygen atoms in total. The van der Waals surface area contributed by atoms with Crippen molar-refractivity contribution in [3.05, 3.63) is 0 Å². The molecule has 0 aliphatic carbocycles. The molecule has 0 fully saturated rings. The van der Waals surface area contributed by atoms with Crippen molar-refractivity contribution in [1.29, 1.82) is 0 Å². The van der Waals surface area contributed by atoms with Crippen molar-refractivity contribution >= 4 is 46.2 Å². The maximum absolute atomic E-state index is 6.44. The standard InChI is InChI=1S/C11H20Cl2Si3/c1-14(2,3)7-9-16(13,11-12)10-8-15(4,5)6/h11H2,1-6H3. The van der Waals surface area contributed by atoms with Gasteiger partial charge >= 0.3 is 7.38 Å². The predicted octanol–water partition coefficient (Wildman–Crippen LogP) is 3.79. The van der Waals surface area contributed by atoms with Gasteiger partial charge in [-0.3, -0.25) is 0 Å². The normalized spacial score (nSPS) is 12.2. The molecular weight excluding hydrogens is 287 g/mol. The molecule has 0 saturated heterocycles. The third-order valence-corrected chi connectivity index (χ3v) is 7.70. The lowest BCUT2D eigenvalue weighted by atomic mass is 11.3. The van der Waals surface area contributed by atoms with Crippen LogP contribution in [0.15, 0.2) is 0 Å². The number of hydrogen-bond acceptors (Lipinski definition) is 0. The van der Waals surface area contributed by atoms with Crippen LogP contribution < -0.4 is 0 Å². The third-order valence-electron chi connectivity index (χ3n) is 1.46. The quantitative estimate of drug-likeness (QED) is 0.299. The van der Waals surface area contributed by atoms with E-state index in [1.807, 2.05) is 0 Å². The van der Waals surface area contributed by atoms with Crippen LogP contribution in [0.5, 0.6) is 0 Å². The van der Waals surface area contributed by atoms with E-state index in [0.717, 1.165) is 0 Å². The second-order valence-corrected chi connectivity index (χ2v) is 20.5. The first-order chi connectivity index (χ1) is 6.97. The lowest BCUT2D eigenvalue weighted by Gasteiger charge is -2.11. The van der Waals surface area contributed by atoms with E-state index < -0.39 is 23.5 Å². The molecule has 5 heteroatoms. The van der Waals surface area contributed by atoms with Gasteiger partial charge in [-0.2, -0.15) is 0 Å². The zero-order chi connectivity index (χ0) is 13.0. The Morgan fingerprint density at radius 3 is 1.25 bits per heavy atom. The molecule has 0 amide bonds. The van der Waals surface area contributed by atoms with Gasteiger partial charge in [0.25, 0.3) is 0 Å². The molecule has 0 spiro atoms. The fourth-order valence-electron chi connectivity index (χ4n) is 0.671. The molecule has 0 aliphatic rings. The minimum absolute atomic E-state index is 0.392. The molecule has 0 saturated carbocycles. The van der Waals surface area contributed by atoms with Crippen LogP contribution in [-0.2, 0) is 0 Å². The Kier molecular flexibility index (Phi) is 5.92.